The molecule has 4 rings (SSSR count). The first-order chi connectivity index (χ1) is 12.9. The smallest absolute Gasteiger partial charge is 0.352 e. The Morgan fingerprint density at radius 1 is 1.37 bits per heavy atom. The van der Waals surface area contributed by atoms with Gasteiger partial charge in [-0.3, -0.25) is 14.5 Å². The monoisotopic (exact) mass is 391 g/mol. The molecule has 10 heteroatoms. The molecule has 3 heterocycles. The number of nitrogens with two attached hydrogens (primary N) is 1. The average Bonchev–Trinajstić information content (AvgIpc) is 3.12. The van der Waals surface area contributed by atoms with Crippen LogP contribution in [0.3, 0.4) is 0 Å². The number of amides is 2. The Hall–Kier alpha value is -2.72. The Kier molecular flexibility index (Phi) is 4.23. The van der Waals surface area contributed by atoms with Crippen molar-refractivity contribution in [2.45, 2.75) is 24.4 Å². The summed E-state index contributed by atoms with van der Waals surface area (Å²) < 4.78 is 10.5. The summed E-state index contributed by atoms with van der Waals surface area (Å²) >= 11 is 1.41. The van der Waals surface area contributed by atoms with Gasteiger partial charge in [0.05, 0.1) is 0 Å². The predicted octanol–water partition coefficient (Wildman–Crippen LogP) is 0.174. The minimum absolute atomic E-state index is 0.00526. The number of benzene rings is 1. The maximum Gasteiger partial charge on any atom is 0.352 e. The Balaban J connectivity index is 1.46. The van der Waals surface area contributed by atoms with Crippen molar-refractivity contribution in [1.82, 2.24) is 10.2 Å². The van der Waals surface area contributed by atoms with Crippen LogP contribution in [-0.4, -0.2) is 51.8 Å². The molecule has 1 aromatic rings. The molecule has 0 saturated carbocycles. The number of nitrogens with one attached hydrogen (secondary N) is 1. The van der Waals surface area contributed by atoms with Gasteiger partial charge in [-0.05, 0) is 30.2 Å². The van der Waals surface area contributed by atoms with Gasteiger partial charge in [0.2, 0.25) is 12.7 Å². The maximum absolute atomic E-state index is 12.5. The number of thioether (sulfide) groups is 1. The summed E-state index contributed by atoms with van der Waals surface area (Å²) in [5, 5.41) is 11.5. The van der Waals surface area contributed by atoms with Crippen molar-refractivity contribution in [3.05, 3.63) is 35.0 Å². The number of carboxylic acids is 1. The largest absolute Gasteiger partial charge is 0.477 e. The van der Waals surface area contributed by atoms with Crippen LogP contribution in [0.1, 0.15) is 18.5 Å². The lowest BCUT2D eigenvalue weighted by Crippen LogP contribution is -2.71. The fourth-order valence-corrected chi connectivity index (χ4v) is 4.57. The number of hydrogen-bond acceptors (Lipinski definition) is 7. The highest BCUT2D eigenvalue weighted by atomic mass is 32.2. The minimum Gasteiger partial charge on any atom is -0.477 e. The zero-order chi connectivity index (χ0) is 19.3. The van der Waals surface area contributed by atoms with Gasteiger partial charge >= 0.3 is 5.97 Å². The molecule has 142 valence electrons. The zero-order valence-electron chi connectivity index (χ0n) is 14.3. The van der Waals surface area contributed by atoms with E-state index in [1.165, 1.54) is 16.7 Å². The normalized spacial score (nSPS) is 24.2. The van der Waals surface area contributed by atoms with Crippen molar-refractivity contribution in [2.75, 3.05) is 12.5 Å². The number of ether oxygens (including phenoxy) is 2. The van der Waals surface area contributed by atoms with Gasteiger partial charge in [-0.25, -0.2) is 4.79 Å². The van der Waals surface area contributed by atoms with Crippen LogP contribution in [0.25, 0.3) is 0 Å². The van der Waals surface area contributed by atoms with Crippen molar-refractivity contribution >= 4 is 29.5 Å². The zero-order valence-corrected chi connectivity index (χ0v) is 15.1. The lowest BCUT2D eigenvalue weighted by molar-refractivity contribution is -0.150. The van der Waals surface area contributed by atoms with E-state index in [1.807, 2.05) is 0 Å². The van der Waals surface area contributed by atoms with Crippen LogP contribution in [0.5, 0.6) is 11.5 Å². The second-order valence-corrected chi connectivity index (χ2v) is 7.53. The second-order valence-electron chi connectivity index (χ2n) is 6.42. The van der Waals surface area contributed by atoms with E-state index in [4.69, 9.17) is 15.2 Å². The first kappa shape index (κ1) is 17.7. The van der Waals surface area contributed by atoms with E-state index in [1.54, 1.807) is 25.1 Å². The number of carbonyl (C=O) groups excluding carboxylic acids is 2. The molecular weight excluding hydrogens is 374 g/mol. The van der Waals surface area contributed by atoms with E-state index in [9.17, 15) is 19.5 Å². The predicted molar refractivity (Wildman–Crippen MR) is 94.9 cm³/mol. The first-order valence-electron chi connectivity index (χ1n) is 8.21. The molecule has 0 bridgehead atoms. The number of β-lactam (4-membered cyclic amide) rings is 1. The lowest BCUT2D eigenvalue weighted by atomic mass is 10.0. The molecule has 2 amide bonds. The molecule has 9 nitrogen and oxygen atoms in total. The lowest BCUT2D eigenvalue weighted by Gasteiger charge is -2.49. The van der Waals surface area contributed by atoms with Gasteiger partial charge < -0.3 is 25.6 Å². The molecule has 0 spiro atoms. The van der Waals surface area contributed by atoms with Crippen LogP contribution in [0, 0.1) is 0 Å². The quantitative estimate of drug-likeness (QED) is 0.619. The molecular formula is C17H17N3O6S. The number of fused-ring (bicyclic) bond motifs is 2. The summed E-state index contributed by atoms with van der Waals surface area (Å²) in [5.74, 6) is -0.537. The van der Waals surface area contributed by atoms with Crippen molar-refractivity contribution < 1.29 is 29.0 Å². The highest BCUT2D eigenvalue weighted by molar-refractivity contribution is 8.00. The Bertz CT molecular complexity index is 885. The number of aliphatic carboxylic acids is 1. The average molecular weight is 391 g/mol. The third kappa shape index (κ3) is 2.81. The highest BCUT2D eigenvalue weighted by Gasteiger charge is 2.53. The van der Waals surface area contributed by atoms with Gasteiger partial charge in [0, 0.05) is 5.75 Å². The summed E-state index contributed by atoms with van der Waals surface area (Å²) in [5.41, 5.74) is 7.17. The SMILES string of the molecule is CC1=C(C(=O)O)N2C(=O)C(NC(=O)[C@@H](N)c3ccc4c(c3)OCO4)C2SC1. The highest BCUT2D eigenvalue weighted by Crippen LogP contribution is 2.40. The standard InChI is InChI=1S/C17H17N3O6S/c1-7-5-27-16-12(15(22)20(16)13(7)17(23)24)19-14(21)11(18)8-2-3-9-10(4-8)26-6-25-9/h2-4,11-12,16H,5-6,18H2,1H3,(H,19,21)(H,23,24)/t11-,12?,16?/m0/s1. The number of rotatable bonds is 4. The molecule has 0 aliphatic carbocycles. The fourth-order valence-electron chi connectivity index (χ4n) is 3.28. The van der Waals surface area contributed by atoms with E-state index >= 15 is 0 Å². The van der Waals surface area contributed by atoms with E-state index in [0.29, 0.717) is 28.4 Å². The van der Waals surface area contributed by atoms with Gasteiger partial charge in [0.25, 0.3) is 5.91 Å². The van der Waals surface area contributed by atoms with Crippen LogP contribution in [0.4, 0.5) is 0 Å². The molecule has 2 unspecified atom stereocenters. The van der Waals surface area contributed by atoms with Crippen LogP contribution in [0.15, 0.2) is 29.5 Å². The first-order valence-corrected chi connectivity index (χ1v) is 9.26. The Labute approximate surface area is 158 Å². The molecule has 3 atom stereocenters. The number of hydrogen-bond donors (Lipinski definition) is 3. The van der Waals surface area contributed by atoms with Crippen LogP contribution in [0.2, 0.25) is 0 Å². The van der Waals surface area contributed by atoms with Gasteiger partial charge in [-0.15, -0.1) is 11.8 Å². The topological polar surface area (TPSA) is 131 Å². The molecule has 0 aromatic heterocycles. The minimum atomic E-state index is -1.15. The molecule has 1 fully saturated rings. The molecule has 0 radical (unpaired) electrons. The number of carbonyl (C=O) groups is 3. The molecule has 27 heavy (non-hydrogen) atoms. The van der Waals surface area contributed by atoms with Crippen LogP contribution < -0.4 is 20.5 Å². The van der Waals surface area contributed by atoms with E-state index in [-0.39, 0.29) is 12.5 Å². The van der Waals surface area contributed by atoms with Gasteiger partial charge in [0.1, 0.15) is 23.2 Å². The summed E-state index contributed by atoms with van der Waals surface area (Å²) in [4.78, 5) is 37.6. The van der Waals surface area contributed by atoms with Gasteiger partial charge in [0.15, 0.2) is 11.5 Å². The Morgan fingerprint density at radius 3 is 2.85 bits per heavy atom. The maximum atomic E-state index is 12.5. The van der Waals surface area contributed by atoms with E-state index < -0.39 is 35.2 Å². The van der Waals surface area contributed by atoms with Gasteiger partial charge in [-0.2, -0.15) is 0 Å². The molecule has 1 aromatic carbocycles. The van der Waals surface area contributed by atoms with Crippen molar-refractivity contribution in [2.24, 2.45) is 5.73 Å². The van der Waals surface area contributed by atoms with E-state index in [0.717, 1.165) is 0 Å². The van der Waals surface area contributed by atoms with Crippen molar-refractivity contribution in [3.8, 4) is 11.5 Å². The summed E-state index contributed by atoms with van der Waals surface area (Å²) in [6.07, 6.45) is 0. The number of nitrogens with zero attached hydrogens (tertiary/aromatic N) is 1. The van der Waals surface area contributed by atoms with Gasteiger partial charge in [-0.1, -0.05) is 6.07 Å². The van der Waals surface area contributed by atoms with Crippen molar-refractivity contribution in [1.29, 1.82) is 0 Å². The molecule has 4 N–H and O–H groups in total. The molecule has 3 aliphatic heterocycles. The third-order valence-corrected chi connectivity index (χ3v) is 6.12. The van der Waals surface area contributed by atoms with Crippen LogP contribution >= 0.6 is 11.8 Å². The summed E-state index contributed by atoms with van der Waals surface area (Å²) in [6, 6.07) is 3.17. The molecule has 3 aliphatic rings. The summed E-state index contributed by atoms with van der Waals surface area (Å²) in [7, 11) is 0. The van der Waals surface area contributed by atoms with Crippen LogP contribution in [-0.2, 0) is 14.4 Å². The summed E-state index contributed by atoms with van der Waals surface area (Å²) in [6.45, 7) is 1.80. The fraction of sp³-hybridized carbons (Fsp3) is 0.353. The second kappa shape index (κ2) is 6.46. The van der Waals surface area contributed by atoms with E-state index in [2.05, 4.69) is 5.32 Å². The van der Waals surface area contributed by atoms with Crippen molar-refractivity contribution in [3.63, 3.8) is 0 Å². The third-order valence-electron chi connectivity index (χ3n) is 4.70. The Morgan fingerprint density at radius 2 is 2.11 bits per heavy atom. The number of carboxylic acid groups (broad SMARTS) is 1. The molecule has 1 saturated heterocycles.